The lowest BCUT2D eigenvalue weighted by molar-refractivity contribution is 0.0690. The SMILES string of the molecule is O=C(O)c1ccn(-c2cc(Cl)cc(Br)c2)n1. The number of halogens is 2. The highest BCUT2D eigenvalue weighted by Gasteiger charge is 2.08. The van der Waals surface area contributed by atoms with Crippen molar-refractivity contribution in [2.75, 3.05) is 0 Å². The van der Waals surface area contributed by atoms with Gasteiger partial charge >= 0.3 is 5.97 Å². The van der Waals surface area contributed by atoms with Gasteiger partial charge in [0.2, 0.25) is 0 Å². The lowest BCUT2D eigenvalue weighted by Crippen LogP contribution is -2.00. The number of rotatable bonds is 2. The van der Waals surface area contributed by atoms with Gasteiger partial charge in [0.1, 0.15) is 0 Å². The summed E-state index contributed by atoms with van der Waals surface area (Å²) in [6.45, 7) is 0. The Morgan fingerprint density at radius 3 is 2.75 bits per heavy atom. The summed E-state index contributed by atoms with van der Waals surface area (Å²) in [5.74, 6) is -1.06. The van der Waals surface area contributed by atoms with Crippen molar-refractivity contribution in [2.24, 2.45) is 0 Å². The number of carboxylic acid groups (broad SMARTS) is 1. The quantitative estimate of drug-likeness (QED) is 0.927. The fraction of sp³-hybridized carbons (Fsp3) is 0. The van der Waals surface area contributed by atoms with Crippen LogP contribution in [0, 0.1) is 0 Å². The summed E-state index contributed by atoms with van der Waals surface area (Å²) in [5, 5.41) is 13.2. The van der Waals surface area contributed by atoms with Crippen LogP contribution in [0.5, 0.6) is 0 Å². The minimum atomic E-state index is -1.06. The van der Waals surface area contributed by atoms with Gasteiger partial charge in [-0.1, -0.05) is 27.5 Å². The van der Waals surface area contributed by atoms with Crippen molar-refractivity contribution in [1.29, 1.82) is 0 Å². The Kier molecular flexibility index (Phi) is 2.98. The van der Waals surface area contributed by atoms with Crippen LogP contribution in [0.2, 0.25) is 5.02 Å². The van der Waals surface area contributed by atoms with E-state index in [4.69, 9.17) is 16.7 Å². The van der Waals surface area contributed by atoms with E-state index in [1.54, 1.807) is 24.4 Å². The monoisotopic (exact) mass is 300 g/mol. The summed E-state index contributed by atoms with van der Waals surface area (Å²) in [6.07, 6.45) is 1.57. The highest BCUT2D eigenvalue weighted by molar-refractivity contribution is 9.10. The van der Waals surface area contributed by atoms with E-state index in [1.807, 2.05) is 0 Å². The molecule has 0 bridgehead atoms. The number of carbonyl (C=O) groups is 1. The van der Waals surface area contributed by atoms with E-state index in [0.717, 1.165) is 4.47 Å². The van der Waals surface area contributed by atoms with Crippen LogP contribution in [0.25, 0.3) is 5.69 Å². The number of benzene rings is 1. The van der Waals surface area contributed by atoms with Crippen LogP contribution in [0.15, 0.2) is 34.9 Å². The van der Waals surface area contributed by atoms with E-state index < -0.39 is 5.97 Å². The minimum Gasteiger partial charge on any atom is -0.476 e. The molecule has 0 unspecified atom stereocenters. The van der Waals surface area contributed by atoms with Crippen molar-refractivity contribution in [3.8, 4) is 5.69 Å². The normalized spacial score (nSPS) is 10.4. The van der Waals surface area contributed by atoms with E-state index in [9.17, 15) is 4.79 Å². The first kappa shape index (κ1) is 11.2. The molecule has 82 valence electrons. The molecule has 6 heteroatoms. The molecule has 0 amide bonds. The molecule has 16 heavy (non-hydrogen) atoms. The topological polar surface area (TPSA) is 55.1 Å². The van der Waals surface area contributed by atoms with Gasteiger partial charge in [0.25, 0.3) is 0 Å². The molecule has 0 saturated heterocycles. The molecule has 0 aliphatic carbocycles. The third-order valence-electron chi connectivity index (χ3n) is 1.92. The Morgan fingerprint density at radius 1 is 1.44 bits per heavy atom. The van der Waals surface area contributed by atoms with E-state index in [-0.39, 0.29) is 5.69 Å². The van der Waals surface area contributed by atoms with E-state index in [2.05, 4.69) is 21.0 Å². The average molecular weight is 302 g/mol. The molecule has 0 atom stereocenters. The molecule has 1 aromatic carbocycles. The molecule has 1 N–H and O–H groups in total. The predicted molar refractivity (Wildman–Crippen MR) is 63.2 cm³/mol. The highest BCUT2D eigenvalue weighted by Crippen LogP contribution is 2.21. The summed E-state index contributed by atoms with van der Waals surface area (Å²) < 4.78 is 2.27. The van der Waals surface area contributed by atoms with Crippen molar-refractivity contribution in [1.82, 2.24) is 9.78 Å². The Balaban J connectivity index is 2.46. The predicted octanol–water partition coefficient (Wildman–Crippen LogP) is 2.99. The lowest BCUT2D eigenvalue weighted by Gasteiger charge is -2.02. The second kappa shape index (κ2) is 4.27. The van der Waals surface area contributed by atoms with Crippen molar-refractivity contribution < 1.29 is 9.90 Å². The summed E-state index contributed by atoms with van der Waals surface area (Å²) >= 11 is 9.19. The summed E-state index contributed by atoms with van der Waals surface area (Å²) in [5.41, 5.74) is 0.697. The molecule has 0 saturated carbocycles. The van der Waals surface area contributed by atoms with Gasteiger partial charge in [-0.05, 0) is 24.3 Å². The molecule has 0 aliphatic rings. The number of nitrogens with zero attached hydrogens (tertiary/aromatic N) is 2. The summed E-state index contributed by atoms with van der Waals surface area (Å²) in [6, 6.07) is 6.67. The van der Waals surface area contributed by atoms with Gasteiger partial charge in [0.05, 0.1) is 5.69 Å². The first-order valence-electron chi connectivity index (χ1n) is 4.32. The zero-order valence-electron chi connectivity index (χ0n) is 7.89. The third-order valence-corrected chi connectivity index (χ3v) is 2.60. The van der Waals surface area contributed by atoms with Crippen LogP contribution < -0.4 is 0 Å². The van der Waals surface area contributed by atoms with Crippen molar-refractivity contribution in [3.63, 3.8) is 0 Å². The highest BCUT2D eigenvalue weighted by atomic mass is 79.9. The maximum absolute atomic E-state index is 10.7. The van der Waals surface area contributed by atoms with Crippen LogP contribution in [-0.4, -0.2) is 20.9 Å². The van der Waals surface area contributed by atoms with Crippen LogP contribution in [0.3, 0.4) is 0 Å². The number of hydrogen-bond donors (Lipinski definition) is 1. The van der Waals surface area contributed by atoms with E-state index >= 15 is 0 Å². The molecule has 0 aliphatic heterocycles. The van der Waals surface area contributed by atoms with Gasteiger partial charge in [-0.2, -0.15) is 5.10 Å². The number of aromatic carboxylic acids is 1. The van der Waals surface area contributed by atoms with Gasteiger partial charge < -0.3 is 5.11 Å². The van der Waals surface area contributed by atoms with E-state index in [1.165, 1.54) is 10.7 Å². The van der Waals surface area contributed by atoms with Crippen molar-refractivity contribution in [3.05, 3.63) is 45.7 Å². The minimum absolute atomic E-state index is 0.00361. The Morgan fingerprint density at radius 2 is 2.19 bits per heavy atom. The van der Waals surface area contributed by atoms with Crippen LogP contribution >= 0.6 is 27.5 Å². The molecular weight excluding hydrogens is 295 g/mol. The third kappa shape index (κ3) is 2.25. The molecule has 0 radical (unpaired) electrons. The van der Waals surface area contributed by atoms with Gasteiger partial charge in [0, 0.05) is 15.7 Å². The first-order valence-corrected chi connectivity index (χ1v) is 5.49. The largest absolute Gasteiger partial charge is 0.476 e. The second-order valence-electron chi connectivity index (χ2n) is 3.08. The van der Waals surface area contributed by atoms with Crippen LogP contribution in [0.1, 0.15) is 10.5 Å². The maximum Gasteiger partial charge on any atom is 0.356 e. The average Bonchev–Trinajstić information content (AvgIpc) is 2.64. The number of carboxylic acids is 1. The fourth-order valence-corrected chi connectivity index (χ4v) is 2.10. The van der Waals surface area contributed by atoms with Crippen molar-refractivity contribution >= 4 is 33.5 Å². The number of hydrogen-bond acceptors (Lipinski definition) is 2. The lowest BCUT2D eigenvalue weighted by atomic mass is 10.3. The summed E-state index contributed by atoms with van der Waals surface area (Å²) in [7, 11) is 0. The van der Waals surface area contributed by atoms with E-state index in [0.29, 0.717) is 10.7 Å². The second-order valence-corrected chi connectivity index (χ2v) is 4.43. The number of aromatic nitrogens is 2. The van der Waals surface area contributed by atoms with Gasteiger partial charge in [0.15, 0.2) is 5.69 Å². The molecule has 4 nitrogen and oxygen atoms in total. The Labute approximate surface area is 105 Å². The van der Waals surface area contributed by atoms with Gasteiger partial charge in [-0.25, -0.2) is 9.48 Å². The molecule has 0 fully saturated rings. The van der Waals surface area contributed by atoms with Crippen molar-refractivity contribution in [2.45, 2.75) is 0 Å². The summed E-state index contributed by atoms with van der Waals surface area (Å²) in [4.78, 5) is 10.7. The van der Waals surface area contributed by atoms with Crippen LogP contribution in [0.4, 0.5) is 0 Å². The molecule has 1 heterocycles. The first-order chi connectivity index (χ1) is 7.56. The molecule has 2 rings (SSSR count). The fourth-order valence-electron chi connectivity index (χ4n) is 1.25. The molecule has 0 spiro atoms. The molecular formula is C10H6BrClN2O2. The molecule has 1 aromatic heterocycles. The Hall–Kier alpha value is -1.33. The maximum atomic E-state index is 10.7. The van der Waals surface area contributed by atoms with Gasteiger partial charge in [-0.3, -0.25) is 0 Å². The Bertz CT molecular complexity index is 533. The molecule has 2 aromatic rings. The van der Waals surface area contributed by atoms with Gasteiger partial charge in [-0.15, -0.1) is 0 Å². The van der Waals surface area contributed by atoms with Crippen LogP contribution in [-0.2, 0) is 0 Å². The zero-order valence-corrected chi connectivity index (χ0v) is 10.2. The standard InChI is InChI=1S/C10H6BrClN2O2/c11-6-3-7(12)5-8(4-6)14-2-1-9(13-14)10(15)16/h1-5H,(H,15,16). The smallest absolute Gasteiger partial charge is 0.356 e. The zero-order chi connectivity index (χ0) is 11.7.